The Morgan fingerprint density at radius 2 is 2.04 bits per heavy atom. The number of thiophene rings is 1. The Morgan fingerprint density at radius 3 is 2.64 bits per heavy atom. The van der Waals surface area contributed by atoms with E-state index in [9.17, 15) is 14.9 Å². The van der Waals surface area contributed by atoms with Crippen molar-refractivity contribution in [2.75, 3.05) is 38.5 Å². The molecule has 1 aliphatic rings. The molecule has 0 atom stereocenters. The Morgan fingerprint density at radius 1 is 1.28 bits per heavy atom. The largest absolute Gasteiger partial charge is 0.383 e. The van der Waals surface area contributed by atoms with Gasteiger partial charge in [0.15, 0.2) is 0 Å². The second kappa shape index (κ2) is 7.62. The SMILES string of the molecule is CNc1ccc(C(=O)N2CCN(Cc3ccsc3)CC2)cc1[N+](=O)[O-]. The van der Waals surface area contributed by atoms with E-state index in [0.29, 0.717) is 24.3 Å². The zero-order valence-corrected chi connectivity index (χ0v) is 14.8. The number of nitrogens with zero attached hydrogens (tertiary/aromatic N) is 3. The van der Waals surface area contributed by atoms with Crippen molar-refractivity contribution in [3.05, 3.63) is 56.3 Å². The predicted molar refractivity (Wildman–Crippen MR) is 98.1 cm³/mol. The number of piperazine rings is 1. The molecule has 7 nitrogen and oxygen atoms in total. The Balaban J connectivity index is 1.64. The molecule has 132 valence electrons. The first-order chi connectivity index (χ1) is 12.1. The van der Waals surface area contributed by atoms with Gasteiger partial charge >= 0.3 is 0 Å². The van der Waals surface area contributed by atoms with Gasteiger partial charge in [-0.05, 0) is 34.5 Å². The molecule has 0 aliphatic carbocycles. The summed E-state index contributed by atoms with van der Waals surface area (Å²) in [4.78, 5) is 27.4. The quantitative estimate of drug-likeness (QED) is 0.655. The maximum absolute atomic E-state index is 12.7. The molecule has 0 bridgehead atoms. The summed E-state index contributed by atoms with van der Waals surface area (Å²) >= 11 is 1.69. The third kappa shape index (κ3) is 3.97. The lowest BCUT2D eigenvalue weighted by Crippen LogP contribution is -2.48. The molecule has 2 aromatic rings. The van der Waals surface area contributed by atoms with Crippen molar-refractivity contribution in [3.8, 4) is 0 Å². The third-order valence-corrected chi connectivity index (χ3v) is 5.09. The van der Waals surface area contributed by atoms with E-state index in [4.69, 9.17) is 0 Å². The van der Waals surface area contributed by atoms with Gasteiger partial charge in [0, 0.05) is 51.4 Å². The predicted octanol–water partition coefficient (Wildman–Crippen LogP) is 2.66. The molecule has 2 heterocycles. The topological polar surface area (TPSA) is 78.7 Å². The maximum atomic E-state index is 12.7. The number of carbonyl (C=O) groups is 1. The van der Waals surface area contributed by atoms with Crippen LogP contribution in [0, 0.1) is 10.1 Å². The highest BCUT2D eigenvalue weighted by Gasteiger charge is 2.24. The molecule has 0 saturated carbocycles. The average Bonchev–Trinajstić information content (AvgIpc) is 3.14. The zero-order chi connectivity index (χ0) is 17.8. The molecular weight excluding hydrogens is 340 g/mol. The van der Waals surface area contributed by atoms with Crippen molar-refractivity contribution in [2.24, 2.45) is 0 Å². The molecule has 1 aliphatic heterocycles. The Labute approximate surface area is 150 Å². The van der Waals surface area contributed by atoms with E-state index in [1.54, 1.807) is 35.4 Å². The van der Waals surface area contributed by atoms with Crippen molar-refractivity contribution in [3.63, 3.8) is 0 Å². The highest BCUT2D eigenvalue weighted by Crippen LogP contribution is 2.26. The van der Waals surface area contributed by atoms with E-state index in [1.807, 2.05) is 0 Å². The van der Waals surface area contributed by atoms with E-state index in [-0.39, 0.29) is 11.6 Å². The van der Waals surface area contributed by atoms with Gasteiger partial charge in [-0.15, -0.1) is 0 Å². The first-order valence-electron chi connectivity index (χ1n) is 8.07. The van der Waals surface area contributed by atoms with Crippen LogP contribution in [0.3, 0.4) is 0 Å². The average molecular weight is 360 g/mol. The molecule has 8 heteroatoms. The Kier molecular flexibility index (Phi) is 5.30. The fourth-order valence-electron chi connectivity index (χ4n) is 2.96. The van der Waals surface area contributed by atoms with Gasteiger partial charge < -0.3 is 10.2 Å². The van der Waals surface area contributed by atoms with Crippen LogP contribution in [0.1, 0.15) is 15.9 Å². The molecule has 1 amide bonds. The molecule has 1 fully saturated rings. The Hall–Kier alpha value is -2.45. The lowest BCUT2D eigenvalue weighted by Gasteiger charge is -2.34. The van der Waals surface area contributed by atoms with E-state index < -0.39 is 4.92 Å². The van der Waals surface area contributed by atoms with Crippen molar-refractivity contribution < 1.29 is 9.72 Å². The minimum absolute atomic E-state index is 0.0792. The summed E-state index contributed by atoms with van der Waals surface area (Å²) in [5.41, 5.74) is 1.98. The fourth-order valence-corrected chi connectivity index (χ4v) is 3.62. The van der Waals surface area contributed by atoms with Crippen molar-refractivity contribution in [1.29, 1.82) is 0 Å². The minimum atomic E-state index is -0.471. The first-order valence-corrected chi connectivity index (χ1v) is 9.01. The fraction of sp³-hybridized carbons (Fsp3) is 0.353. The molecule has 3 rings (SSSR count). The molecule has 1 aromatic carbocycles. The van der Waals surface area contributed by atoms with Crippen LogP contribution in [0.2, 0.25) is 0 Å². The van der Waals surface area contributed by atoms with Crippen molar-refractivity contribution in [1.82, 2.24) is 9.80 Å². The number of carbonyl (C=O) groups excluding carboxylic acids is 1. The lowest BCUT2D eigenvalue weighted by atomic mass is 10.1. The van der Waals surface area contributed by atoms with Crippen LogP contribution in [0.4, 0.5) is 11.4 Å². The van der Waals surface area contributed by atoms with Gasteiger partial charge in [0.2, 0.25) is 0 Å². The number of nitro benzene ring substituents is 1. The van der Waals surface area contributed by atoms with Crippen LogP contribution in [0.15, 0.2) is 35.0 Å². The summed E-state index contributed by atoms with van der Waals surface area (Å²) in [5, 5.41) is 18.1. The highest BCUT2D eigenvalue weighted by atomic mass is 32.1. The van der Waals surface area contributed by atoms with Gasteiger partial charge in [0.25, 0.3) is 11.6 Å². The van der Waals surface area contributed by atoms with E-state index in [1.165, 1.54) is 11.6 Å². The summed E-state index contributed by atoms with van der Waals surface area (Å²) in [6.45, 7) is 3.76. The molecule has 0 spiro atoms. The number of amides is 1. The summed E-state index contributed by atoms with van der Waals surface area (Å²) < 4.78 is 0. The summed E-state index contributed by atoms with van der Waals surface area (Å²) in [5.74, 6) is -0.152. The minimum Gasteiger partial charge on any atom is -0.383 e. The van der Waals surface area contributed by atoms with Gasteiger partial charge in [-0.2, -0.15) is 11.3 Å². The maximum Gasteiger partial charge on any atom is 0.293 e. The van der Waals surface area contributed by atoms with Crippen LogP contribution in [0.25, 0.3) is 0 Å². The van der Waals surface area contributed by atoms with Crippen LogP contribution < -0.4 is 5.32 Å². The molecule has 1 N–H and O–H groups in total. The second-order valence-corrected chi connectivity index (χ2v) is 6.72. The van der Waals surface area contributed by atoms with Gasteiger partial charge in [0.1, 0.15) is 5.69 Å². The lowest BCUT2D eigenvalue weighted by molar-refractivity contribution is -0.384. The number of hydrogen-bond acceptors (Lipinski definition) is 6. The van der Waals surface area contributed by atoms with Crippen LogP contribution >= 0.6 is 11.3 Å². The normalized spacial score (nSPS) is 15.2. The second-order valence-electron chi connectivity index (χ2n) is 5.94. The van der Waals surface area contributed by atoms with Gasteiger partial charge in [0.05, 0.1) is 4.92 Å². The number of anilines is 1. The molecule has 1 aromatic heterocycles. The van der Waals surface area contributed by atoms with E-state index in [2.05, 4.69) is 27.0 Å². The number of hydrogen-bond donors (Lipinski definition) is 1. The zero-order valence-electron chi connectivity index (χ0n) is 14.0. The highest BCUT2D eigenvalue weighted by molar-refractivity contribution is 7.07. The first kappa shape index (κ1) is 17.4. The van der Waals surface area contributed by atoms with Gasteiger partial charge in [-0.1, -0.05) is 0 Å². The number of nitro groups is 1. The number of benzene rings is 1. The molecule has 0 radical (unpaired) electrons. The molecule has 0 unspecified atom stereocenters. The third-order valence-electron chi connectivity index (χ3n) is 4.36. The van der Waals surface area contributed by atoms with Crippen molar-refractivity contribution >= 4 is 28.6 Å². The Bertz CT molecular complexity index is 755. The number of rotatable bonds is 5. The van der Waals surface area contributed by atoms with Crippen LogP contribution in [-0.4, -0.2) is 53.9 Å². The van der Waals surface area contributed by atoms with Gasteiger partial charge in [-0.3, -0.25) is 19.8 Å². The molecule has 25 heavy (non-hydrogen) atoms. The standard InChI is InChI=1S/C17H20N4O3S/c1-18-15-3-2-14(10-16(15)21(23)24)17(22)20-7-5-19(6-8-20)11-13-4-9-25-12-13/h2-4,9-10,12,18H,5-8,11H2,1H3. The van der Waals surface area contributed by atoms with Crippen LogP contribution in [-0.2, 0) is 6.54 Å². The summed E-state index contributed by atoms with van der Waals surface area (Å²) in [6, 6.07) is 6.69. The van der Waals surface area contributed by atoms with Crippen LogP contribution in [0.5, 0.6) is 0 Å². The molecular formula is C17H20N4O3S. The monoisotopic (exact) mass is 360 g/mol. The summed E-state index contributed by atoms with van der Waals surface area (Å²) in [6.07, 6.45) is 0. The smallest absolute Gasteiger partial charge is 0.293 e. The number of nitrogens with one attached hydrogen (secondary N) is 1. The van der Waals surface area contributed by atoms with Gasteiger partial charge in [-0.25, -0.2) is 0 Å². The van der Waals surface area contributed by atoms with E-state index >= 15 is 0 Å². The van der Waals surface area contributed by atoms with Crippen molar-refractivity contribution in [2.45, 2.75) is 6.54 Å². The molecule has 1 saturated heterocycles. The van der Waals surface area contributed by atoms with E-state index in [0.717, 1.165) is 19.6 Å². The summed E-state index contributed by atoms with van der Waals surface area (Å²) in [7, 11) is 1.62.